The molecule has 1 fully saturated rings. The quantitative estimate of drug-likeness (QED) is 0.838. The molecule has 1 aliphatic carbocycles. The molecule has 2 rings (SSSR count). The van der Waals surface area contributed by atoms with Crippen molar-refractivity contribution in [1.29, 1.82) is 0 Å². The number of aromatic nitrogens is 1. The van der Waals surface area contributed by atoms with Crippen molar-refractivity contribution in [2.24, 2.45) is 5.41 Å². The van der Waals surface area contributed by atoms with Crippen LogP contribution < -0.4 is 5.32 Å². The lowest BCUT2D eigenvalue weighted by atomic mass is 9.70. The largest absolute Gasteiger partial charge is 0.369 e. The Bertz CT molecular complexity index is 294. The van der Waals surface area contributed by atoms with E-state index in [9.17, 15) is 0 Å². The van der Waals surface area contributed by atoms with Gasteiger partial charge >= 0.3 is 0 Å². The monoisotopic (exact) mass is 216 g/mol. The lowest BCUT2D eigenvalue weighted by Gasteiger charge is -2.38. The molecule has 1 saturated carbocycles. The average molecular weight is 217 g/mol. The molecular weight excluding hydrogens is 204 g/mol. The van der Waals surface area contributed by atoms with E-state index in [0.29, 0.717) is 9.88 Å². The maximum Gasteiger partial charge on any atom is 0.185 e. The second-order valence-electron chi connectivity index (χ2n) is 4.00. The predicted octanol–water partition coefficient (Wildman–Crippen LogP) is 3.40. The van der Waals surface area contributed by atoms with Crippen molar-refractivity contribution >= 4 is 28.8 Å². The Morgan fingerprint density at radius 1 is 1.69 bits per heavy atom. The number of anilines is 1. The molecule has 0 amide bonds. The molecule has 0 saturated heterocycles. The van der Waals surface area contributed by atoms with Crippen LogP contribution >= 0.6 is 22.9 Å². The first-order valence-corrected chi connectivity index (χ1v) is 5.79. The van der Waals surface area contributed by atoms with E-state index in [1.54, 1.807) is 0 Å². The van der Waals surface area contributed by atoms with Gasteiger partial charge in [-0.05, 0) is 18.3 Å². The number of thiazole rings is 1. The van der Waals surface area contributed by atoms with Crippen molar-refractivity contribution in [3.05, 3.63) is 9.85 Å². The molecule has 0 bridgehead atoms. The highest BCUT2D eigenvalue weighted by atomic mass is 35.5. The topological polar surface area (TPSA) is 24.9 Å². The zero-order chi connectivity index (χ0) is 9.31. The smallest absolute Gasteiger partial charge is 0.185 e. The SMILES string of the molecule is CC1(CNc2csc(Cl)n2)CCC1. The van der Waals surface area contributed by atoms with Crippen LogP contribution in [-0.4, -0.2) is 11.5 Å². The van der Waals surface area contributed by atoms with E-state index in [-0.39, 0.29) is 0 Å². The van der Waals surface area contributed by atoms with Crippen molar-refractivity contribution in [2.45, 2.75) is 26.2 Å². The Hall–Kier alpha value is -0.280. The molecule has 1 aromatic rings. The molecule has 0 aromatic carbocycles. The van der Waals surface area contributed by atoms with Crippen LogP contribution in [0, 0.1) is 5.41 Å². The molecule has 0 unspecified atom stereocenters. The Balaban J connectivity index is 1.85. The van der Waals surface area contributed by atoms with Crippen LogP contribution in [0.3, 0.4) is 0 Å². The minimum absolute atomic E-state index is 0.496. The van der Waals surface area contributed by atoms with Crippen LogP contribution in [0.4, 0.5) is 5.82 Å². The zero-order valence-electron chi connectivity index (χ0n) is 7.64. The summed E-state index contributed by atoms with van der Waals surface area (Å²) in [6.07, 6.45) is 4.03. The Labute approximate surface area is 87.3 Å². The summed E-state index contributed by atoms with van der Waals surface area (Å²) >= 11 is 7.20. The third kappa shape index (κ3) is 2.15. The maximum absolute atomic E-state index is 5.73. The normalized spacial score (nSPS) is 19.5. The summed E-state index contributed by atoms with van der Waals surface area (Å²) < 4.78 is 0.612. The molecule has 0 aliphatic heterocycles. The molecule has 2 nitrogen and oxygen atoms in total. The fourth-order valence-corrected chi connectivity index (χ4v) is 2.31. The van der Waals surface area contributed by atoms with Gasteiger partial charge < -0.3 is 5.32 Å². The molecule has 72 valence electrons. The first-order chi connectivity index (χ1) is 6.18. The van der Waals surface area contributed by atoms with E-state index in [0.717, 1.165) is 12.4 Å². The summed E-state index contributed by atoms with van der Waals surface area (Å²) in [5, 5.41) is 5.29. The third-order valence-electron chi connectivity index (χ3n) is 2.73. The molecule has 0 atom stereocenters. The van der Waals surface area contributed by atoms with Gasteiger partial charge in [0.25, 0.3) is 0 Å². The van der Waals surface area contributed by atoms with E-state index >= 15 is 0 Å². The number of halogens is 1. The van der Waals surface area contributed by atoms with Crippen LogP contribution in [0.2, 0.25) is 4.47 Å². The van der Waals surface area contributed by atoms with Gasteiger partial charge in [0, 0.05) is 11.9 Å². The summed E-state index contributed by atoms with van der Waals surface area (Å²) in [5.41, 5.74) is 0.496. The molecule has 1 N–H and O–H groups in total. The molecular formula is C9H13ClN2S. The predicted molar refractivity (Wildman–Crippen MR) is 57.6 cm³/mol. The van der Waals surface area contributed by atoms with Gasteiger partial charge in [0.2, 0.25) is 0 Å². The van der Waals surface area contributed by atoms with Crippen molar-refractivity contribution in [3.8, 4) is 0 Å². The fourth-order valence-electron chi connectivity index (χ4n) is 1.59. The van der Waals surface area contributed by atoms with Gasteiger partial charge in [0.05, 0.1) is 0 Å². The maximum atomic E-state index is 5.73. The van der Waals surface area contributed by atoms with Gasteiger partial charge in [-0.15, -0.1) is 11.3 Å². The van der Waals surface area contributed by atoms with E-state index in [1.165, 1.54) is 30.6 Å². The van der Waals surface area contributed by atoms with Crippen molar-refractivity contribution < 1.29 is 0 Å². The van der Waals surface area contributed by atoms with Crippen LogP contribution in [0.15, 0.2) is 5.38 Å². The number of rotatable bonds is 3. The molecule has 1 aromatic heterocycles. The third-order valence-corrected chi connectivity index (χ3v) is 3.71. The lowest BCUT2D eigenvalue weighted by Crippen LogP contribution is -2.33. The summed E-state index contributed by atoms with van der Waals surface area (Å²) in [4.78, 5) is 4.14. The Kier molecular flexibility index (Phi) is 2.47. The Morgan fingerprint density at radius 2 is 2.46 bits per heavy atom. The molecule has 1 heterocycles. The molecule has 13 heavy (non-hydrogen) atoms. The highest BCUT2D eigenvalue weighted by molar-refractivity contribution is 7.14. The van der Waals surface area contributed by atoms with Gasteiger partial charge in [-0.2, -0.15) is 0 Å². The van der Waals surface area contributed by atoms with Gasteiger partial charge in [-0.3, -0.25) is 0 Å². The summed E-state index contributed by atoms with van der Waals surface area (Å²) in [6.45, 7) is 3.34. The summed E-state index contributed by atoms with van der Waals surface area (Å²) in [7, 11) is 0. The van der Waals surface area contributed by atoms with Gasteiger partial charge in [0.1, 0.15) is 5.82 Å². The highest BCUT2D eigenvalue weighted by Crippen LogP contribution is 2.40. The highest BCUT2D eigenvalue weighted by Gasteiger charge is 2.31. The average Bonchev–Trinajstić information content (AvgIpc) is 2.44. The van der Waals surface area contributed by atoms with Gasteiger partial charge in [0.15, 0.2) is 4.47 Å². The Morgan fingerprint density at radius 3 is 2.92 bits per heavy atom. The summed E-state index contributed by atoms with van der Waals surface area (Å²) in [6, 6.07) is 0. The van der Waals surface area contributed by atoms with Gasteiger partial charge in [-0.25, -0.2) is 4.98 Å². The molecule has 4 heteroatoms. The zero-order valence-corrected chi connectivity index (χ0v) is 9.21. The minimum Gasteiger partial charge on any atom is -0.369 e. The number of nitrogens with one attached hydrogen (secondary N) is 1. The second-order valence-corrected chi connectivity index (χ2v) is 5.44. The summed E-state index contributed by atoms with van der Waals surface area (Å²) in [5.74, 6) is 0.920. The number of hydrogen-bond donors (Lipinski definition) is 1. The lowest BCUT2D eigenvalue weighted by molar-refractivity contribution is 0.180. The second kappa shape index (κ2) is 3.46. The van der Waals surface area contributed by atoms with E-state index in [1.807, 2.05) is 5.38 Å². The van der Waals surface area contributed by atoms with E-state index in [2.05, 4.69) is 17.2 Å². The van der Waals surface area contributed by atoms with Crippen molar-refractivity contribution in [2.75, 3.05) is 11.9 Å². The molecule has 0 radical (unpaired) electrons. The number of hydrogen-bond acceptors (Lipinski definition) is 3. The van der Waals surface area contributed by atoms with Crippen LogP contribution in [-0.2, 0) is 0 Å². The van der Waals surface area contributed by atoms with Crippen LogP contribution in [0.1, 0.15) is 26.2 Å². The fraction of sp³-hybridized carbons (Fsp3) is 0.667. The standard InChI is InChI=1S/C9H13ClN2S/c1-9(3-2-4-9)6-11-7-5-13-8(10)12-7/h5,11H,2-4,6H2,1H3. The van der Waals surface area contributed by atoms with E-state index in [4.69, 9.17) is 11.6 Å². The van der Waals surface area contributed by atoms with Crippen LogP contribution in [0.25, 0.3) is 0 Å². The van der Waals surface area contributed by atoms with Crippen molar-refractivity contribution in [1.82, 2.24) is 4.98 Å². The van der Waals surface area contributed by atoms with Crippen LogP contribution in [0.5, 0.6) is 0 Å². The number of nitrogens with zero attached hydrogens (tertiary/aromatic N) is 1. The van der Waals surface area contributed by atoms with E-state index < -0.39 is 0 Å². The first-order valence-electron chi connectivity index (χ1n) is 4.53. The molecule has 1 aliphatic rings. The van der Waals surface area contributed by atoms with Crippen molar-refractivity contribution in [3.63, 3.8) is 0 Å². The first kappa shape index (κ1) is 9.28. The van der Waals surface area contributed by atoms with Gasteiger partial charge in [-0.1, -0.05) is 24.9 Å². The minimum atomic E-state index is 0.496. The molecule has 0 spiro atoms.